The molecule has 3 saturated heterocycles. The van der Waals surface area contributed by atoms with Crippen LogP contribution >= 0.6 is 0 Å². The SMILES string of the molecule is CC(C)[C@]12O[C@H]1[C@@H]1O[C@]13[C@]1(O[C@H]1C[C@H]1C4=C(CC[C@@]13C)C(=O)OC4)[C@@H]2OC(=O)/C=C/c1ccc(S(C)(=O)=O)cc1. The summed E-state index contributed by atoms with van der Waals surface area (Å²) in [6.07, 6.45) is 5.11. The standard InChI is InChI=1S/C30H32O9S/c1-15(2)28-23(38-28)24-30(39-24)27(3)12-11-18-19(14-35-25(18)32)20(27)13-21-29(30,37-21)26(28)36-22(31)10-7-16-5-8-17(9-6-16)40(4,33)34/h5-10,15,20-21,23-24,26H,11-14H2,1-4H3/b10-7+/t20-,21-,23-,24-,26+,27-,28-,29+,30+/m0/s1. The van der Waals surface area contributed by atoms with Crippen LogP contribution in [0.5, 0.6) is 0 Å². The molecule has 0 unspecified atom stereocenters. The smallest absolute Gasteiger partial charge is 0.334 e. The zero-order chi connectivity index (χ0) is 28.0. The monoisotopic (exact) mass is 568 g/mol. The largest absolute Gasteiger partial charge is 0.458 e. The molecular formula is C30H32O9S. The fourth-order valence-electron chi connectivity index (χ4n) is 8.99. The summed E-state index contributed by atoms with van der Waals surface area (Å²) in [5, 5.41) is 0. The number of ether oxygens (including phenoxy) is 5. The molecule has 0 aromatic heterocycles. The Hall–Kier alpha value is -2.53. The van der Waals surface area contributed by atoms with Gasteiger partial charge in [-0.05, 0) is 60.4 Å². The number of rotatable bonds is 5. The number of esters is 2. The highest BCUT2D eigenvalue weighted by atomic mass is 32.2. The van der Waals surface area contributed by atoms with E-state index < -0.39 is 38.7 Å². The summed E-state index contributed by atoms with van der Waals surface area (Å²) in [5.74, 6) is -0.546. The third kappa shape index (κ3) is 2.81. The van der Waals surface area contributed by atoms with Crippen LogP contribution in [0.3, 0.4) is 0 Å². The first-order valence-corrected chi connectivity index (χ1v) is 15.9. The van der Waals surface area contributed by atoms with Crippen molar-refractivity contribution < 1.29 is 41.7 Å². The van der Waals surface area contributed by atoms with Crippen molar-refractivity contribution >= 4 is 27.9 Å². The van der Waals surface area contributed by atoms with E-state index >= 15 is 0 Å². The number of carbonyl (C=O) groups is 2. The Morgan fingerprint density at radius 3 is 2.58 bits per heavy atom. The van der Waals surface area contributed by atoms with Gasteiger partial charge in [0.2, 0.25) is 0 Å². The van der Waals surface area contributed by atoms with Crippen LogP contribution in [-0.4, -0.2) is 74.4 Å². The minimum atomic E-state index is -3.31. The summed E-state index contributed by atoms with van der Waals surface area (Å²) < 4.78 is 55.1. The summed E-state index contributed by atoms with van der Waals surface area (Å²) in [5.41, 5.74) is 0.124. The molecule has 10 heteroatoms. The zero-order valence-corrected chi connectivity index (χ0v) is 23.7. The molecule has 0 radical (unpaired) electrons. The van der Waals surface area contributed by atoms with Gasteiger partial charge in [0.25, 0.3) is 0 Å². The quantitative estimate of drug-likeness (QED) is 0.300. The van der Waals surface area contributed by atoms with Crippen molar-refractivity contribution in [3.63, 3.8) is 0 Å². The molecule has 3 aliphatic carbocycles. The van der Waals surface area contributed by atoms with E-state index in [1.807, 2.05) is 0 Å². The molecule has 0 amide bonds. The van der Waals surface area contributed by atoms with E-state index in [-0.39, 0.29) is 46.4 Å². The molecule has 2 spiro atoms. The molecule has 1 aromatic carbocycles. The highest BCUT2D eigenvalue weighted by Crippen LogP contribution is 2.83. The Bertz CT molecular complexity index is 1540. The first kappa shape index (κ1) is 25.2. The van der Waals surface area contributed by atoms with Crippen LogP contribution in [0.4, 0.5) is 0 Å². The third-order valence-corrected chi connectivity index (χ3v) is 12.1. The van der Waals surface area contributed by atoms with Crippen molar-refractivity contribution in [3.05, 3.63) is 47.1 Å². The maximum atomic E-state index is 13.3. The average Bonchev–Trinajstić information content (AvgIpc) is 3.81. The lowest BCUT2D eigenvalue weighted by atomic mass is 9.46. The molecule has 2 saturated carbocycles. The van der Waals surface area contributed by atoms with E-state index in [0.717, 1.165) is 30.2 Å². The molecule has 0 bridgehead atoms. The summed E-state index contributed by atoms with van der Waals surface area (Å²) in [6, 6.07) is 6.33. The van der Waals surface area contributed by atoms with E-state index in [1.54, 1.807) is 18.2 Å². The van der Waals surface area contributed by atoms with E-state index in [1.165, 1.54) is 18.2 Å². The molecule has 5 fully saturated rings. The molecule has 9 atom stereocenters. The van der Waals surface area contributed by atoms with E-state index in [9.17, 15) is 18.0 Å². The maximum absolute atomic E-state index is 13.3. The van der Waals surface area contributed by atoms with Crippen molar-refractivity contribution in [1.82, 2.24) is 0 Å². The van der Waals surface area contributed by atoms with Crippen molar-refractivity contribution in [2.45, 2.75) is 86.1 Å². The molecule has 212 valence electrons. The van der Waals surface area contributed by atoms with Gasteiger partial charge in [0.1, 0.15) is 30.0 Å². The Kier molecular flexibility index (Phi) is 4.69. The molecule has 8 rings (SSSR count). The number of epoxide rings is 3. The van der Waals surface area contributed by atoms with Gasteiger partial charge in [0, 0.05) is 23.3 Å². The fourth-order valence-corrected chi connectivity index (χ4v) is 9.62. The van der Waals surface area contributed by atoms with Crippen molar-refractivity contribution in [2.75, 3.05) is 12.9 Å². The second-order valence-electron chi connectivity index (χ2n) is 13.0. The van der Waals surface area contributed by atoms with Crippen LogP contribution in [0, 0.1) is 17.3 Å². The minimum absolute atomic E-state index is 0.0660. The van der Waals surface area contributed by atoms with Gasteiger partial charge in [-0.3, -0.25) is 0 Å². The fraction of sp³-hybridized carbons (Fsp3) is 0.600. The Labute approximate surface area is 232 Å². The van der Waals surface area contributed by atoms with E-state index in [0.29, 0.717) is 18.6 Å². The second kappa shape index (κ2) is 7.45. The summed E-state index contributed by atoms with van der Waals surface area (Å²) in [4.78, 5) is 25.9. The van der Waals surface area contributed by atoms with Gasteiger partial charge in [0.05, 0.1) is 11.0 Å². The molecule has 9 nitrogen and oxygen atoms in total. The van der Waals surface area contributed by atoms with Gasteiger partial charge in [-0.2, -0.15) is 0 Å². The first-order valence-electron chi connectivity index (χ1n) is 14.0. The van der Waals surface area contributed by atoms with Gasteiger partial charge in [-0.15, -0.1) is 0 Å². The highest BCUT2D eigenvalue weighted by Gasteiger charge is 3.01. The molecule has 0 N–H and O–H groups in total. The lowest BCUT2D eigenvalue weighted by molar-refractivity contribution is -0.163. The van der Waals surface area contributed by atoms with Gasteiger partial charge in [-0.25, -0.2) is 18.0 Å². The van der Waals surface area contributed by atoms with Gasteiger partial charge >= 0.3 is 11.9 Å². The highest BCUT2D eigenvalue weighted by molar-refractivity contribution is 7.90. The molecular weight excluding hydrogens is 536 g/mol. The molecule has 1 aromatic rings. The van der Waals surface area contributed by atoms with E-state index in [2.05, 4.69) is 20.8 Å². The molecule has 7 aliphatic rings. The maximum Gasteiger partial charge on any atom is 0.334 e. The van der Waals surface area contributed by atoms with E-state index in [4.69, 9.17) is 23.7 Å². The lowest BCUT2D eigenvalue weighted by Crippen LogP contribution is -2.70. The number of benzene rings is 1. The van der Waals surface area contributed by atoms with Crippen molar-refractivity contribution in [2.24, 2.45) is 17.3 Å². The Morgan fingerprint density at radius 2 is 1.88 bits per heavy atom. The normalized spacial score (nSPS) is 45.5. The molecule has 40 heavy (non-hydrogen) atoms. The Morgan fingerprint density at radius 1 is 1.12 bits per heavy atom. The predicted octanol–water partition coefficient (Wildman–Crippen LogP) is 2.77. The lowest BCUT2D eigenvalue weighted by Gasteiger charge is -2.53. The Balaban J connectivity index is 1.12. The number of carbonyl (C=O) groups excluding carboxylic acids is 2. The van der Waals surface area contributed by atoms with Gasteiger partial charge < -0.3 is 23.7 Å². The molecule has 4 heterocycles. The number of sulfone groups is 1. The summed E-state index contributed by atoms with van der Waals surface area (Å²) >= 11 is 0. The van der Waals surface area contributed by atoms with Crippen molar-refractivity contribution in [1.29, 1.82) is 0 Å². The van der Waals surface area contributed by atoms with Gasteiger partial charge in [0.15, 0.2) is 21.5 Å². The average molecular weight is 569 g/mol. The third-order valence-electron chi connectivity index (χ3n) is 11.0. The summed E-state index contributed by atoms with van der Waals surface area (Å²) in [6.45, 7) is 6.73. The molecule has 4 aliphatic heterocycles. The van der Waals surface area contributed by atoms with Crippen LogP contribution in [0.15, 0.2) is 46.4 Å². The number of hydrogen-bond acceptors (Lipinski definition) is 9. The minimum Gasteiger partial charge on any atom is -0.458 e. The summed E-state index contributed by atoms with van der Waals surface area (Å²) in [7, 11) is -3.31. The zero-order valence-electron chi connectivity index (χ0n) is 22.8. The van der Waals surface area contributed by atoms with Crippen LogP contribution in [0.1, 0.15) is 45.6 Å². The first-order chi connectivity index (χ1) is 18.9. The van der Waals surface area contributed by atoms with Crippen LogP contribution < -0.4 is 0 Å². The van der Waals surface area contributed by atoms with Crippen LogP contribution in [0.25, 0.3) is 6.08 Å². The van der Waals surface area contributed by atoms with Crippen LogP contribution in [0.2, 0.25) is 0 Å². The van der Waals surface area contributed by atoms with Gasteiger partial charge in [-0.1, -0.05) is 32.9 Å². The predicted molar refractivity (Wildman–Crippen MR) is 140 cm³/mol. The number of hydrogen-bond donors (Lipinski definition) is 0. The number of cyclic esters (lactones) is 1. The van der Waals surface area contributed by atoms with Crippen molar-refractivity contribution in [3.8, 4) is 0 Å². The number of fused-ring (bicyclic) bond motifs is 4. The van der Waals surface area contributed by atoms with Crippen LogP contribution in [-0.2, 0) is 43.1 Å². The second-order valence-corrected chi connectivity index (χ2v) is 15.0. The topological polar surface area (TPSA) is 124 Å².